The number of hydrogen-bond acceptors (Lipinski definition) is 1. The molecule has 2 heteroatoms. The monoisotopic (exact) mass is 210 g/mol. The number of carboxylic acids is 1. The molecule has 0 aromatic heterocycles. The summed E-state index contributed by atoms with van der Waals surface area (Å²) in [4.78, 5) is 10.2. The van der Waals surface area contributed by atoms with Crippen LogP contribution in [0.15, 0.2) is 24.3 Å². The standard InChI is InChI=1S/C13H22O2/c1-2-3-4-5-6-7-8-9-10-11-12-13(14)15/h2-3,9-10H,4-8,11-12H2,1H3,(H,14,15)/b3-2+,10-9+. The molecule has 0 atom stereocenters. The van der Waals surface area contributed by atoms with Gasteiger partial charge in [-0.15, -0.1) is 0 Å². The van der Waals surface area contributed by atoms with Crippen LogP contribution in [0.2, 0.25) is 0 Å². The van der Waals surface area contributed by atoms with Gasteiger partial charge in [0.25, 0.3) is 0 Å². The van der Waals surface area contributed by atoms with Crippen molar-refractivity contribution >= 4 is 5.97 Å². The number of allylic oxidation sites excluding steroid dienone is 4. The predicted octanol–water partition coefficient (Wildman–Crippen LogP) is 3.93. The van der Waals surface area contributed by atoms with E-state index in [1.54, 1.807) is 0 Å². The summed E-state index contributed by atoms with van der Waals surface area (Å²) < 4.78 is 0. The van der Waals surface area contributed by atoms with E-state index in [2.05, 4.69) is 18.2 Å². The molecule has 1 N–H and O–H groups in total. The van der Waals surface area contributed by atoms with Crippen molar-refractivity contribution in [3.05, 3.63) is 24.3 Å². The van der Waals surface area contributed by atoms with Crippen LogP contribution in [-0.4, -0.2) is 11.1 Å². The molecule has 0 unspecified atom stereocenters. The fraction of sp³-hybridized carbons (Fsp3) is 0.615. The van der Waals surface area contributed by atoms with Gasteiger partial charge in [-0.2, -0.15) is 0 Å². The molecule has 0 heterocycles. The lowest BCUT2D eigenvalue weighted by Crippen LogP contribution is -1.91. The molecule has 0 saturated carbocycles. The van der Waals surface area contributed by atoms with E-state index in [0.29, 0.717) is 6.42 Å². The van der Waals surface area contributed by atoms with Crippen molar-refractivity contribution < 1.29 is 9.90 Å². The van der Waals surface area contributed by atoms with Gasteiger partial charge >= 0.3 is 5.97 Å². The predicted molar refractivity (Wildman–Crippen MR) is 63.9 cm³/mol. The zero-order valence-corrected chi connectivity index (χ0v) is 9.61. The molecule has 0 bridgehead atoms. The molecular weight excluding hydrogens is 188 g/mol. The van der Waals surface area contributed by atoms with Crippen molar-refractivity contribution in [2.75, 3.05) is 0 Å². The van der Waals surface area contributed by atoms with Gasteiger partial charge in [0.2, 0.25) is 0 Å². The van der Waals surface area contributed by atoms with Crippen molar-refractivity contribution in [2.24, 2.45) is 0 Å². The van der Waals surface area contributed by atoms with Gasteiger partial charge in [-0.3, -0.25) is 4.79 Å². The molecule has 15 heavy (non-hydrogen) atoms. The van der Waals surface area contributed by atoms with Gasteiger partial charge in [0.15, 0.2) is 0 Å². The Morgan fingerprint density at radius 2 is 1.60 bits per heavy atom. The minimum atomic E-state index is -0.717. The number of carboxylic acid groups (broad SMARTS) is 1. The van der Waals surface area contributed by atoms with Crippen LogP contribution in [0.25, 0.3) is 0 Å². The van der Waals surface area contributed by atoms with Gasteiger partial charge < -0.3 is 5.11 Å². The first-order valence-corrected chi connectivity index (χ1v) is 5.75. The van der Waals surface area contributed by atoms with E-state index >= 15 is 0 Å². The molecule has 0 aliphatic rings. The number of rotatable bonds is 9. The molecule has 0 spiro atoms. The molecule has 0 aliphatic carbocycles. The zero-order chi connectivity index (χ0) is 11.4. The Balaban J connectivity index is 3.12. The molecule has 0 rings (SSSR count). The first-order valence-electron chi connectivity index (χ1n) is 5.75. The third-order valence-corrected chi connectivity index (χ3v) is 2.17. The quantitative estimate of drug-likeness (QED) is 0.462. The summed E-state index contributed by atoms with van der Waals surface area (Å²) >= 11 is 0. The smallest absolute Gasteiger partial charge is 0.303 e. The zero-order valence-electron chi connectivity index (χ0n) is 9.61. The minimum absolute atomic E-state index is 0.248. The van der Waals surface area contributed by atoms with E-state index < -0.39 is 5.97 Å². The number of aliphatic carboxylic acids is 1. The lowest BCUT2D eigenvalue weighted by atomic mass is 10.1. The maximum atomic E-state index is 10.2. The van der Waals surface area contributed by atoms with Crippen LogP contribution in [0.5, 0.6) is 0 Å². The van der Waals surface area contributed by atoms with Crippen molar-refractivity contribution in [1.82, 2.24) is 0 Å². The maximum absolute atomic E-state index is 10.2. The van der Waals surface area contributed by atoms with E-state index in [1.165, 1.54) is 25.7 Å². The highest BCUT2D eigenvalue weighted by atomic mass is 16.4. The van der Waals surface area contributed by atoms with Gasteiger partial charge in [0.1, 0.15) is 0 Å². The summed E-state index contributed by atoms with van der Waals surface area (Å²) in [5, 5.41) is 8.40. The van der Waals surface area contributed by atoms with Crippen molar-refractivity contribution in [2.45, 2.75) is 51.9 Å². The third-order valence-electron chi connectivity index (χ3n) is 2.17. The Labute approximate surface area is 92.7 Å². The molecule has 2 nitrogen and oxygen atoms in total. The van der Waals surface area contributed by atoms with Crippen LogP contribution in [0.3, 0.4) is 0 Å². The Kier molecular flexibility index (Phi) is 10.3. The Morgan fingerprint density at radius 1 is 1.00 bits per heavy atom. The molecule has 0 saturated heterocycles. The average molecular weight is 210 g/mol. The summed E-state index contributed by atoms with van der Waals surface area (Å²) in [6.45, 7) is 2.05. The van der Waals surface area contributed by atoms with Crippen LogP contribution in [-0.2, 0) is 4.79 Å². The fourth-order valence-corrected chi connectivity index (χ4v) is 1.31. The largest absolute Gasteiger partial charge is 0.481 e. The van der Waals surface area contributed by atoms with Crippen LogP contribution in [0.4, 0.5) is 0 Å². The topological polar surface area (TPSA) is 37.3 Å². The maximum Gasteiger partial charge on any atom is 0.303 e. The molecular formula is C13H22O2. The SMILES string of the molecule is C/C=C/CCCCC/C=C/CCC(=O)O. The summed E-state index contributed by atoms with van der Waals surface area (Å²) in [5.41, 5.74) is 0. The second-order valence-corrected chi connectivity index (χ2v) is 3.61. The van der Waals surface area contributed by atoms with Gasteiger partial charge in [0.05, 0.1) is 0 Å². The normalized spacial score (nSPS) is 11.5. The highest BCUT2D eigenvalue weighted by Gasteiger charge is 1.91. The van der Waals surface area contributed by atoms with E-state index in [-0.39, 0.29) is 6.42 Å². The van der Waals surface area contributed by atoms with Gasteiger partial charge in [-0.1, -0.05) is 30.7 Å². The molecule has 0 amide bonds. The summed E-state index contributed by atoms with van der Waals surface area (Å²) in [6, 6.07) is 0. The van der Waals surface area contributed by atoms with E-state index in [4.69, 9.17) is 5.11 Å². The molecule has 0 aliphatic heterocycles. The van der Waals surface area contributed by atoms with E-state index in [9.17, 15) is 4.79 Å². The van der Waals surface area contributed by atoms with Crippen molar-refractivity contribution in [3.63, 3.8) is 0 Å². The highest BCUT2D eigenvalue weighted by molar-refractivity contribution is 5.66. The Hall–Kier alpha value is -1.05. The van der Waals surface area contributed by atoms with Crippen LogP contribution >= 0.6 is 0 Å². The number of unbranched alkanes of at least 4 members (excludes halogenated alkanes) is 4. The molecule has 0 aromatic carbocycles. The lowest BCUT2D eigenvalue weighted by Gasteiger charge is -1.94. The second kappa shape index (κ2) is 11.0. The first-order chi connectivity index (χ1) is 7.27. The van der Waals surface area contributed by atoms with Crippen molar-refractivity contribution in [3.8, 4) is 0 Å². The van der Waals surface area contributed by atoms with E-state index in [0.717, 1.165) is 6.42 Å². The Morgan fingerprint density at radius 3 is 2.20 bits per heavy atom. The molecule has 0 radical (unpaired) electrons. The molecule has 0 aromatic rings. The molecule has 0 fully saturated rings. The van der Waals surface area contributed by atoms with Gasteiger partial charge in [-0.05, 0) is 39.0 Å². The third kappa shape index (κ3) is 12.9. The Bertz CT molecular complexity index is 205. The summed E-state index contributed by atoms with van der Waals surface area (Å²) in [5.74, 6) is -0.717. The first kappa shape index (κ1) is 13.9. The number of hydrogen-bond donors (Lipinski definition) is 1. The fourth-order valence-electron chi connectivity index (χ4n) is 1.31. The van der Waals surface area contributed by atoms with Gasteiger partial charge in [-0.25, -0.2) is 0 Å². The second-order valence-electron chi connectivity index (χ2n) is 3.61. The highest BCUT2D eigenvalue weighted by Crippen LogP contribution is 2.04. The lowest BCUT2D eigenvalue weighted by molar-refractivity contribution is -0.136. The van der Waals surface area contributed by atoms with Crippen LogP contribution < -0.4 is 0 Å². The summed E-state index contributed by atoms with van der Waals surface area (Å²) in [6.07, 6.45) is 15.2. The van der Waals surface area contributed by atoms with Crippen LogP contribution in [0, 0.1) is 0 Å². The number of carbonyl (C=O) groups is 1. The van der Waals surface area contributed by atoms with E-state index in [1.807, 2.05) is 13.0 Å². The minimum Gasteiger partial charge on any atom is -0.481 e. The molecule has 86 valence electrons. The van der Waals surface area contributed by atoms with Crippen molar-refractivity contribution in [1.29, 1.82) is 0 Å². The average Bonchev–Trinajstić information content (AvgIpc) is 2.20. The summed E-state index contributed by atoms with van der Waals surface area (Å²) in [7, 11) is 0. The van der Waals surface area contributed by atoms with Crippen LogP contribution in [0.1, 0.15) is 51.9 Å². The van der Waals surface area contributed by atoms with Gasteiger partial charge in [0, 0.05) is 6.42 Å².